The van der Waals surface area contributed by atoms with Gasteiger partial charge in [-0.15, -0.1) is 0 Å². The monoisotopic (exact) mass is 274 g/mol. The summed E-state index contributed by atoms with van der Waals surface area (Å²) >= 11 is 0. The van der Waals surface area contributed by atoms with Crippen molar-refractivity contribution >= 4 is 10.1 Å². The summed E-state index contributed by atoms with van der Waals surface area (Å²) in [5.74, 6) is -0.226. The summed E-state index contributed by atoms with van der Waals surface area (Å²) in [5, 5.41) is 0. The number of hydrogen-bond acceptors (Lipinski definition) is 3. The molecule has 0 rings (SSSR count). The van der Waals surface area contributed by atoms with Crippen molar-refractivity contribution in [2.75, 3.05) is 12.4 Å². The van der Waals surface area contributed by atoms with E-state index in [0.717, 1.165) is 44.9 Å². The van der Waals surface area contributed by atoms with Crippen LogP contribution in [0.15, 0.2) is 0 Å². The number of hydrogen-bond donors (Lipinski definition) is 0. The molecule has 0 aliphatic carbocycles. The molecular weight excluding hydrogens is 250 g/mol. The van der Waals surface area contributed by atoms with E-state index < -0.39 is 10.1 Å². The van der Waals surface area contributed by atoms with Crippen molar-refractivity contribution in [2.24, 2.45) is 0 Å². The Morgan fingerprint density at radius 1 is 0.722 bits per heavy atom. The molecule has 0 aromatic carbocycles. The van der Waals surface area contributed by atoms with Gasteiger partial charge in [-0.2, -0.15) is 0 Å². The maximum Gasteiger partial charge on any atom is 1.00 e. The zero-order valence-electron chi connectivity index (χ0n) is 11.5. The third-order valence-electron chi connectivity index (χ3n) is 2.78. The Bertz CT molecular complexity index is 258. The number of halogens is 1. The molecule has 3 nitrogen and oxygen atoms in total. The van der Waals surface area contributed by atoms with E-state index in [2.05, 4.69) is 0 Å². The maximum absolute atomic E-state index is 11.8. The minimum absolute atomic E-state index is 0. The molecule has 0 radical (unpaired) electrons. The van der Waals surface area contributed by atoms with Crippen molar-refractivity contribution in [1.82, 2.24) is 0 Å². The van der Waals surface area contributed by atoms with Gasteiger partial charge in [0.05, 0.1) is 16.8 Å². The van der Waals surface area contributed by atoms with Crippen LogP contribution in [0.5, 0.6) is 0 Å². The first kappa shape index (κ1) is 20.7. The zero-order valence-corrected chi connectivity index (χ0v) is 12.3. The molecule has 0 N–H and O–H groups in total. The Balaban J connectivity index is 0. The third-order valence-corrected chi connectivity index (χ3v) is 3.57. The summed E-state index contributed by atoms with van der Waals surface area (Å²) in [7, 11) is -4.01. The van der Waals surface area contributed by atoms with Gasteiger partial charge in [-0.3, -0.25) is 4.39 Å². The standard InChI is InChI=1S/C12H25FO3S.Li/c13-11-9-7-5-3-1-2-4-6-8-10-12-17(14,15)16;/h1-12H2,(H,14,15,16);/q;+1/p-1. The largest absolute Gasteiger partial charge is 1.00 e. The van der Waals surface area contributed by atoms with Gasteiger partial charge in [0.2, 0.25) is 0 Å². The van der Waals surface area contributed by atoms with Gasteiger partial charge in [-0.1, -0.05) is 51.4 Å². The molecule has 0 atom stereocenters. The van der Waals surface area contributed by atoms with E-state index in [-0.39, 0.29) is 31.3 Å². The van der Waals surface area contributed by atoms with Crippen LogP contribution < -0.4 is 18.9 Å². The van der Waals surface area contributed by atoms with Crippen LogP contribution in [0.3, 0.4) is 0 Å². The Morgan fingerprint density at radius 3 is 1.39 bits per heavy atom. The van der Waals surface area contributed by atoms with Crippen LogP contribution in [0, 0.1) is 0 Å². The van der Waals surface area contributed by atoms with Crippen molar-refractivity contribution in [1.29, 1.82) is 0 Å². The Hall–Kier alpha value is 0.437. The van der Waals surface area contributed by atoms with Crippen LogP contribution in [0.2, 0.25) is 0 Å². The number of alkyl halides is 1. The summed E-state index contributed by atoms with van der Waals surface area (Å²) in [6.45, 7) is -0.206. The van der Waals surface area contributed by atoms with Gasteiger partial charge in [0.25, 0.3) is 0 Å². The SMILES string of the molecule is O=S(=O)([O-])CCCCCCCCCCCCF.[Li+]. The number of rotatable bonds is 12. The average Bonchev–Trinajstić information content (AvgIpc) is 2.24. The summed E-state index contributed by atoms with van der Waals surface area (Å²) in [6, 6.07) is 0. The molecule has 0 fully saturated rings. The van der Waals surface area contributed by atoms with E-state index in [1.54, 1.807) is 0 Å². The van der Waals surface area contributed by atoms with Crippen LogP contribution in [0.1, 0.15) is 64.2 Å². The van der Waals surface area contributed by atoms with E-state index in [1.807, 2.05) is 0 Å². The minimum atomic E-state index is -4.01. The zero-order chi connectivity index (χ0) is 13.0. The van der Waals surface area contributed by atoms with Gasteiger partial charge in [0, 0.05) is 5.75 Å². The first-order chi connectivity index (χ1) is 8.06. The average molecular weight is 274 g/mol. The summed E-state index contributed by atoms with van der Waals surface area (Å²) in [6.07, 6.45) is 9.67. The predicted octanol–water partition coefficient (Wildman–Crippen LogP) is 0.406. The summed E-state index contributed by atoms with van der Waals surface area (Å²) in [5.41, 5.74) is 0. The molecular formula is C12H24FLiO3S. The molecule has 0 unspecified atom stereocenters. The molecule has 0 saturated heterocycles. The van der Waals surface area contributed by atoms with Gasteiger partial charge in [-0.25, -0.2) is 8.42 Å². The van der Waals surface area contributed by atoms with Gasteiger partial charge in [0.1, 0.15) is 0 Å². The molecule has 0 bridgehead atoms. The molecule has 0 aromatic rings. The maximum atomic E-state index is 11.8. The predicted molar refractivity (Wildman–Crippen MR) is 66.7 cm³/mol. The van der Waals surface area contributed by atoms with E-state index in [9.17, 15) is 17.4 Å². The molecule has 6 heteroatoms. The normalized spacial score (nSPS) is 11.2. The van der Waals surface area contributed by atoms with E-state index >= 15 is 0 Å². The van der Waals surface area contributed by atoms with E-state index in [1.165, 1.54) is 6.42 Å². The quantitative estimate of drug-likeness (QED) is 0.294. The van der Waals surface area contributed by atoms with Gasteiger partial charge in [-0.05, 0) is 12.8 Å². The Kier molecular flexibility index (Phi) is 16.0. The minimum Gasteiger partial charge on any atom is -0.748 e. The van der Waals surface area contributed by atoms with Crippen LogP contribution in [0.4, 0.5) is 4.39 Å². The van der Waals surface area contributed by atoms with Gasteiger partial charge in [0.15, 0.2) is 0 Å². The molecule has 0 amide bonds. The number of unbranched alkanes of at least 4 members (excludes halogenated alkanes) is 9. The van der Waals surface area contributed by atoms with Crippen molar-refractivity contribution < 1.29 is 36.2 Å². The Morgan fingerprint density at radius 2 is 1.06 bits per heavy atom. The van der Waals surface area contributed by atoms with Crippen molar-refractivity contribution in [3.63, 3.8) is 0 Å². The topological polar surface area (TPSA) is 57.2 Å². The molecule has 0 aromatic heterocycles. The Labute approximate surface area is 123 Å². The van der Waals surface area contributed by atoms with Crippen LogP contribution in [0.25, 0.3) is 0 Å². The third kappa shape index (κ3) is 18.8. The second-order valence-electron chi connectivity index (χ2n) is 4.49. The van der Waals surface area contributed by atoms with E-state index in [4.69, 9.17) is 0 Å². The van der Waals surface area contributed by atoms with Crippen molar-refractivity contribution in [2.45, 2.75) is 64.2 Å². The molecule has 18 heavy (non-hydrogen) atoms. The molecule has 0 spiro atoms. The smallest absolute Gasteiger partial charge is 0.748 e. The first-order valence-corrected chi connectivity index (χ1v) is 8.13. The molecule has 0 saturated carbocycles. The molecule has 0 aliphatic heterocycles. The molecule has 104 valence electrons. The second kappa shape index (κ2) is 13.9. The van der Waals surface area contributed by atoms with Crippen LogP contribution in [-0.4, -0.2) is 25.4 Å². The first-order valence-electron chi connectivity index (χ1n) is 6.56. The molecule has 0 aliphatic rings. The van der Waals surface area contributed by atoms with Crippen LogP contribution >= 0.6 is 0 Å². The van der Waals surface area contributed by atoms with E-state index in [0.29, 0.717) is 12.8 Å². The summed E-state index contributed by atoms with van der Waals surface area (Å²) in [4.78, 5) is 0. The van der Waals surface area contributed by atoms with Crippen LogP contribution in [-0.2, 0) is 10.1 Å². The van der Waals surface area contributed by atoms with Gasteiger partial charge >= 0.3 is 18.9 Å². The second-order valence-corrected chi connectivity index (χ2v) is 6.01. The fraction of sp³-hybridized carbons (Fsp3) is 1.00. The van der Waals surface area contributed by atoms with Gasteiger partial charge < -0.3 is 4.55 Å². The summed E-state index contributed by atoms with van der Waals surface area (Å²) < 4.78 is 42.7. The fourth-order valence-electron chi connectivity index (χ4n) is 1.79. The van der Waals surface area contributed by atoms with Crippen molar-refractivity contribution in [3.05, 3.63) is 0 Å². The van der Waals surface area contributed by atoms with Crippen molar-refractivity contribution in [3.8, 4) is 0 Å². The molecule has 0 heterocycles. The fourth-order valence-corrected chi connectivity index (χ4v) is 2.35.